The molecule has 0 saturated heterocycles. The highest BCUT2D eigenvalue weighted by Gasteiger charge is 2.12. The van der Waals surface area contributed by atoms with Crippen LogP contribution in [0.25, 0.3) is 0 Å². The van der Waals surface area contributed by atoms with Gasteiger partial charge in [-0.05, 0) is 17.7 Å². The summed E-state index contributed by atoms with van der Waals surface area (Å²) >= 11 is 11.9. The van der Waals surface area contributed by atoms with Crippen LogP contribution in [0.3, 0.4) is 0 Å². The first-order chi connectivity index (χ1) is 8.93. The van der Waals surface area contributed by atoms with Gasteiger partial charge in [0, 0.05) is 17.6 Å². The number of halogens is 2. The first-order valence-corrected chi connectivity index (χ1v) is 6.75. The van der Waals surface area contributed by atoms with Crippen LogP contribution in [0, 0.1) is 0 Å². The van der Waals surface area contributed by atoms with Crippen molar-refractivity contribution in [3.63, 3.8) is 0 Å². The molecule has 0 aliphatic rings. The minimum Gasteiger partial charge on any atom is -0.493 e. The molecule has 0 heterocycles. The zero-order valence-electron chi connectivity index (χ0n) is 11.4. The van der Waals surface area contributed by atoms with Crippen LogP contribution in [-0.4, -0.2) is 19.8 Å². The van der Waals surface area contributed by atoms with Gasteiger partial charge in [-0.15, -0.1) is 0 Å². The first-order valence-electron chi connectivity index (χ1n) is 6.00. The zero-order chi connectivity index (χ0) is 14.4. The molecule has 0 aromatic heterocycles. The molecule has 1 N–H and O–H groups in total. The topological polar surface area (TPSA) is 30.5 Å². The van der Waals surface area contributed by atoms with Crippen LogP contribution in [0.2, 0.25) is 5.02 Å². The van der Waals surface area contributed by atoms with Crippen molar-refractivity contribution in [2.75, 3.05) is 13.7 Å². The van der Waals surface area contributed by atoms with E-state index in [0.717, 1.165) is 12.1 Å². The summed E-state index contributed by atoms with van der Waals surface area (Å²) in [5.74, 6) is 1.07. The van der Waals surface area contributed by atoms with Crippen LogP contribution in [0.5, 0.6) is 11.5 Å². The van der Waals surface area contributed by atoms with Crippen LogP contribution < -0.4 is 14.8 Å². The molecular formula is C14H19Cl2NO2. The number of hydrogen-bond donors (Lipinski definition) is 1. The van der Waals surface area contributed by atoms with E-state index in [1.165, 1.54) is 0 Å². The van der Waals surface area contributed by atoms with Crippen molar-refractivity contribution >= 4 is 23.2 Å². The molecule has 0 radical (unpaired) electrons. The number of ether oxygens (including phenoxy) is 2. The second kappa shape index (κ2) is 7.63. The third-order valence-electron chi connectivity index (χ3n) is 2.38. The molecule has 0 unspecified atom stereocenters. The molecule has 0 aliphatic heterocycles. The SMILES string of the molecule is C=C(Cl)COc1c(Cl)cc(CNC(C)C)cc1OC. The largest absolute Gasteiger partial charge is 0.493 e. The quantitative estimate of drug-likeness (QED) is 0.826. The molecule has 1 aromatic rings. The molecule has 3 nitrogen and oxygen atoms in total. The standard InChI is InChI=1S/C14H19Cl2NO2/c1-9(2)17-7-11-5-12(16)14(13(6-11)18-4)19-8-10(3)15/h5-6,9,17H,3,7-8H2,1-2,4H3. The average Bonchev–Trinajstić information content (AvgIpc) is 2.34. The maximum absolute atomic E-state index is 6.21. The van der Waals surface area contributed by atoms with Gasteiger partial charge in [0.1, 0.15) is 6.61 Å². The summed E-state index contributed by atoms with van der Waals surface area (Å²) in [5.41, 5.74) is 1.03. The number of rotatable bonds is 7. The van der Waals surface area contributed by atoms with Gasteiger partial charge in [-0.1, -0.05) is 43.6 Å². The van der Waals surface area contributed by atoms with Gasteiger partial charge in [0.05, 0.1) is 12.1 Å². The molecule has 1 rings (SSSR count). The molecule has 0 fully saturated rings. The van der Waals surface area contributed by atoms with E-state index in [2.05, 4.69) is 25.7 Å². The molecule has 0 spiro atoms. The van der Waals surface area contributed by atoms with Crippen molar-refractivity contribution in [2.45, 2.75) is 26.4 Å². The van der Waals surface area contributed by atoms with Crippen molar-refractivity contribution in [1.29, 1.82) is 0 Å². The van der Waals surface area contributed by atoms with E-state index in [1.807, 2.05) is 12.1 Å². The Morgan fingerprint density at radius 2 is 2.11 bits per heavy atom. The Morgan fingerprint density at radius 3 is 2.63 bits per heavy atom. The van der Waals surface area contributed by atoms with E-state index in [4.69, 9.17) is 32.7 Å². The highest BCUT2D eigenvalue weighted by atomic mass is 35.5. The summed E-state index contributed by atoms with van der Waals surface area (Å²) in [6.45, 7) is 8.65. The summed E-state index contributed by atoms with van der Waals surface area (Å²) in [5, 5.41) is 4.22. The lowest BCUT2D eigenvalue weighted by Gasteiger charge is -2.15. The maximum atomic E-state index is 6.21. The van der Waals surface area contributed by atoms with Crippen molar-refractivity contribution < 1.29 is 9.47 Å². The summed E-state index contributed by atoms with van der Waals surface area (Å²) in [6, 6.07) is 4.15. The molecule has 106 valence electrons. The Hall–Kier alpha value is -0.900. The molecular weight excluding hydrogens is 285 g/mol. The summed E-state index contributed by atoms with van der Waals surface area (Å²) in [6.07, 6.45) is 0. The average molecular weight is 304 g/mol. The van der Waals surface area contributed by atoms with Gasteiger partial charge in [-0.2, -0.15) is 0 Å². The van der Waals surface area contributed by atoms with Crippen molar-refractivity contribution in [1.82, 2.24) is 5.32 Å². The molecule has 0 amide bonds. The van der Waals surface area contributed by atoms with E-state index in [9.17, 15) is 0 Å². The third-order valence-corrected chi connectivity index (χ3v) is 2.77. The van der Waals surface area contributed by atoms with Crippen LogP contribution in [0.1, 0.15) is 19.4 Å². The van der Waals surface area contributed by atoms with Gasteiger partial charge < -0.3 is 14.8 Å². The molecule has 5 heteroatoms. The smallest absolute Gasteiger partial charge is 0.180 e. The summed E-state index contributed by atoms with van der Waals surface area (Å²) in [7, 11) is 1.58. The van der Waals surface area contributed by atoms with Crippen LogP contribution in [-0.2, 0) is 6.54 Å². The molecule has 1 aromatic carbocycles. The normalized spacial score (nSPS) is 10.6. The minimum atomic E-state index is 0.196. The number of hydrogen-bond acceptors (Lipinski definition) is 3. The predicted octanol–water partition coefficient (Wildman–Crippen LogP) is 3.98. The third kappa shape index (κ3) is 5.31. The molecule has 0 saturated carbocycles. The lowest BCUT2D eigenvalue weighted by molar-refractivity contribution is 0.324. The molecule has 19 heavy (non-hydrogen) atoms. The fourth-order valence-electron chi connectivity index (χ4n) is 1.49. The highest BCUT2D eigenvalue weighted by molar-refractivity contribution is 6.32. The minimum absolute atomic E-state index is 0.196. The van der Waals surface area contributed by atoms with Crippen LogP contribution in [0.4, 0.5) is 0 Å². The van der Waals surface area contributed by atoms with Gasteiger partial charge in [0.15, 0.2) is 11.5 Å². The lowest BCUT2D eigenvalue weighted by atomic mass is 10.2. The van der Waals surface area contributed by atoms with Crippen LogP contribution >= 0.6 is 23.2 Å². The number of benzene rings is 1. The van der Waals surface area contributed by atoms with E-state index in [1.54, 1.807) is 7.11 Å². The van der Waals surface area contributed by atoms with Crippen molar-refractivity contribution in [2.24, 2.45) is 0 Å². The molecule has 0 atom stereocenters. The van der Waals surface area contributed by atoms with Gasteiger partial charge in [0.25, 0.3) is 0 Å². The Bertz CT molecular complexity index is 447. The van der Waals surface area contributed by atoms with Gasteiger partial charge in [-0.3, -0.25) is 0 Å². The first kappa shape index (κ1) is 16.2. The van der Waals surface area contributed by atoms with Gasteiger partial charge in [-0.25, -0.2) is 0 Å². The van der Waals surface area contributed by atoms with Crippen molar-refractivity contribution in [3.8, 4) is 11.5 Å². The highest BCUT2D eigenvalue weighted by Crippen LogP contribution is 2.36. The Kier molecular flexibility index (Phi) is 6.49. The second-order valence-electron chi connectivity index (χ2n) is 4.45. The fraction of sp³-hybridized carbons (Fsp3) is 0.429. The van der Waals surface area contributed by atoms with E-state index >= 15 is 0 Å². The van der Waals surface area contributed by atoms with E-state index in [0.29, 0.717) is 27.6 Å². The van der Waals surface area contributed by atoms with Crippen LogP contribution in [0.15, 0.2) is 23.7 Å². The summed E-state index contributed by atoms with van der Waals surface area (Å²) in [4.78, 5) is 0. The molecule has 0 aliphatic carbocycles. The maximum Gasteiger partial charge on any atom is 0.180 e. The lowest BCUT2D eigenvalue weighted by Crippen LogP contribution is -2.21. The predicted molar refractivity (Wildman–Crippen MR) is 80.5 cm³/mol. The Balaban J connectivity index is 2.90. The molecule has 0 bridgehead atoms. The van der Waals surface area contributed by atoms with E-state index < -0.39 is 0 Å². The van der Waals surface area contributed by atoms with Crippen molar-refractivity contribution in [3.05, 3.63) is 34.3 Å². The summed E-state index contributed by atoms with van der Waals surface area (Å²) < 4.78 is 10.8. The number of nitrogens with one attached hydrogen (secondary N) is 1. The van der Waals surface area contributed by atoms with Gasteiger partial charge in [0.2, 0.25) is 0 Å². The Labute approximate surface area is 124 Å². The second-order valence-corrected chi connectivity index (χ2v) is 5.39. The monoisotopic (exact) mass is 303 g/mol. The number of methoxy groups -OCH3 is 1. The van der Waals surface area contributed by atoms with Gasteiger partial charge >= 0.3 is 0 Å². The van der Waals surface area contributed by atoms with E-state index in [-0.39, 0.29) is 6.61 Å². The fourth-order valence-corrected chi connectivity index (χ4v) is 1.83. The Morgan fingerprint density at radius 1 is 1.42 bits per heavy atom. The zero-order valence-corrected chi connectivity index (χ0v) is 12.9.